The van der Waals surface area contributed by atoms with Crippen LogP contribution < -0.4 is 16.0 Å². The molecule has 10 heteroatoms. The first-order valence-electron chi connectivity index (χ1n) is 9.87. The second kappa shape index (κ2) is 9.49. The van der Waals surface area contributed by atoms with Crippen molar-refractivity contribution in [3.8, 4) is 0 Å². The van der Waals surface area contributed by atoms with Crippen LogP contribution in [0, 0.1) is 0 Å². The smallest absolute Gasteiger partial charge is 0.264 e. The number of nitrogens with one attached hydrogen (secondary N) is 3. The van der Waals surface area contributed by atoms with Crippen molar-refractivity contribution in [2.45, 2.75) is 32.2 Å². The van der Waals surface area contributed by atoms with Gasteiger partial charge >= 0.3 is 0 Å². The van der Waals surface area contributed by atoms with Crippen LogP contribution in [0.15, 0.2) is 18.2 Å². The van der Waals surface area contributed by atoms with E-state index in [0.717, 1.165) is 4.90 Å². The molecule has 0 spiro atoms. The van der Waals surface area contributed by atoms with Crippen molar-refractivity contribution in [2.75, 3.05) is 31.6 Å². The minimum Gasteiger partial charge on any atom is -0.382 e. The zero-order chi connectivity index (χ0) is 21.7. The first kappa shape index (κ1) is 21.4. The minimum absolute atomic E-state index is 0.0414. The minimum atomic E-state index is -0.996. The summed E-state index contributed by atoms with van der Waals surface area (Å²) in [6, 6.07) is 3.88. The van der Waals surface area contributed by atoms with Gasteiger partial charge in [0.05, 0.1) is 24.3 Å². The fraction of sp³-hybridized carbons (Fsp3) is 0.450. The quantitative estimate of drug-likeness (QED) is 0.382. The molecule has 5 amide bonds. The van der Waals surface area contributed by atoms with Crippen LogP contribution in [0.4, 0.5) is 5.69 Å². The van der Waals surface area contributed by atoms with Crippen molar-refractivity contribution in [1.29, 1.82) is 0 Å². The largest absolute Gasteiger partial charge is 0.382 e. The summed E-state index contributed by atoms with van der Waals surface area (Å²) in [5.41, 5.74) is 0.906. The van der Waals surface area contributed by atoms with Crippen LogP contribution in [0.3, 0.4) is 0 Å². The van der Waals surface area contributed by atoms with E-state index in [1.165, 1.54) is 0 Å². The molecule has 1 atom stereocenters. The number of imide groups is 2. The third kappa shape index (κ3) is 4.48. The number of carbonyl (C=O) groups excluding carboxylic acids is 5. The number of rotatable bonds is 9. The van der Waals surface area contributed by atoms with Crippen molar-refractivity contribution in [1.82, 2.24) is 15.5 Å². The standard InChI is InChI=1S/C20H24N4O6/c1-2-15(25)22-9-11-30-10-8-21-13-5-3-4-12-17(13)20(29)24(19(12)28)14-6-7-16(26)23-18(14)27/h3-5,14,21H,2,6-11H2,1H3,(H,22,25)(H,23,26,27). The zero-order valence-electron chi connectivity index (χ0n) is 16.7. The van der Waals surface area contributed by atoms with Crippen LogP contribution in [-0.2, 0) is 19.1 Å². The number of nitrogens with zero attached hydrogens (tertiary/aromatic N) is 1. The summed E-state index contributed by atoms with van der Waals surface area (Å²) in [7, 11) is 0. The third-order valence-corrected chi connectivity index (χ3v) is 4.92. The first-order valence-corrected chi connectivity index (χ1v) is 9.87. The Bertz CT molecular complexity index is 884. The SMILES string of the molecule is CCC(=O)NCCOCCNc1cccc2c1C(=O)N(C1CCC(=O)NC1=O)C2=O. The highest BCUT2D eigenvalue weighted by Gasteiger charge is 2.45. The van der Waals surface area contributed by atoms with E-state index in [9.17, 15) is 24.0 Å². The van der Waals surface area contributed by atoms with Gasteiger partial charge in [0.25, 0.3) is 11.8 Å². The Morgan fingerprint density at radius 3 is 2.67 bits per heavy atom. The van der Waals surface area contributed by atoms with Gasteiger partial charge in [-0.05, 0) is 18.6 Å². The highest BCUT2D eigenvalue weighted by Crippen LogP contribution is 2.32. The molecule has 1 aromatic rings. The Morgan fingerprint density at radius 2 is 1.93 bits per heavy atom. The first-order chi connectivity index (χ1) is 14.4. The molecule has 1 unspecified atom stereocenters. The maximum absolute atomic E-state index is 12.9. The average Bonchev–Trinajstić information content (AvgIpc) is 2.98. The zero-order valence-corrected chi connectivity index (χ0v) is 16.7. The van der Waals surface area contributed by atoms with Crippen LogP contribution >= 0.6 is 0 Å². The second-order valence-corrected chi connectivity index (χ2v) is 6.92. The Kier molecular flexibility index (Phi) is 6.78. The van der Waals surface area contributed by atoms with E-state index in [1.807, 2.05) is 0 Å². The number of ether oxygens (including phenoxy) is 1. The van der Waals surface area contributed by atoms with E-state index in [4.69, 9.17) is 4.74 Å². The molecule has 0 aliphatic carbocycles. The summed E-state index contributed by atoms with van der Waals surface area (Å²) < 4.78 is 5.43. The summed E-state index contributed by atoms with van der Waals surface area (Å²) in [6.07, 6.45) is 0.607. The average molecular weight is 416 g/mol. The molecule has 0 aromatic heterocycles. The summed E-state index contributed by atoms with van der Waals surface area (Å²) in [6.45, 7) is 3.27. The maximum atomic E-state index is 12.9. The molecule has 160 valence electrons. The van der Waals surface area contributed by atoms with Crippen molar-refractivity contribution >= 4 is 35.2 Å². The summed E-state index contributed by atoms with van der Waals surface area (Å²) >= 11 is 0. The highest BCUT2D eigenvalue weighted by atomic mass is 16.5. The fourth-order valence-corrected chi connectivity index (χ4v) is 3.41. The van der Waals surface area contributed by atoms with Crippen LogP contribution in [-0.4, -0.2) is 66.8 Å². The van der Waals surface area contributed by atoms with E-state index in [1.54, 1.807) is 25.1 Å². The van der Waals surface area contributed by atoms with Gasteiger partial charge in [-0.1, -0.05) is 13.0 Å². The molecule has 3 N–H and O–H groups in total. The van der Waals surface area contributed by atoms with E-state index in [0.29, 0.717) is 38.4 Å². The molecule has 1 aromatic carbocycles. The number of piperidine rings is 1. The molecular weight excluding hydrogens is 392 g/mol. The van der Waals surface area contributed by atoms with Crippen LogP contribution in [0.1, 0.15) is 46.9 Å². The molecule has 30 heavy (non-hydrogen) atoms. The van der Waals surface area contributed by atoms with E-state index < -0.39 is 29.7 Å². The van der Waals surface area contributed by atoms with Crippen LogP contribution in [0.5, 0.6) is 0 Å². The summed E-state index contributed by atoms with van der Waals surface area (Å²) in [4.78, 5) is 61.3. The summed E-state index contributed by atoms with van der Waals surface area (Å²) in [5, 5.41) is 7.96. The monoisotopic (exact) mass is 416 g/mol. The highest BCUT2D eigenvalue weighted by molar-refractivity contribution is 6.25. The van der Waals surface area contributed by atoms with Crippen molar-refractivity contribution in [2.24, 2.45) is 0 Å². The number of fused-ring (bicyclic) bond motifs is 1. The predicted molar refractivity (Wildman–Crippen MR) is 106 cm³/mol. The number of anilines is 1. The van der Waals surface area contributed by atoms with Gasteiger partial charge in [-0.15, -0.1) is 0 Å². The lowest BCUT2D eigenvalue weighted by atomic mass is 10.0. The predicted octanol–water partition coefficient (Wildman–Crippen LogP) is 0.0425. The Morgan fingerprint density at radius 1 is 1.17 bits per heavy atom. The molecule has 0 saturated carbocycles. The molecule has 1 saturated heterocycles. The molecule has 3 rings (SSSR count). The number of amides is 5. The second-order valence-electron chi connectivity index (χ2n) is 6.92. The lowest BCUT2D eigenvalue weighted by Gasteiger charge is -2.27. The molecule has 10 nitrogen and oxygen atoms in total. The van der Waals surface area contributed by atoms with Crippen molar-refractivity contribution in [3.63, 3.8) is 0 Å². The Labute approximate surface area is 173 Å². The van der Waals surface area contributed by atoms with Gasteiger partial charge in [0.1, 0.15) is 6.04 Å². The number of carbonyl (C=O) groups is 5. The number of benzene rings is 1. The summed E-state index contributed by atoms with van der Waals surface area (Å²) in [5.74, 6) is -2.20. The van der Waals surface area contributed by atoms with Crippen molar-refractivity contribution < 1.29 is 28.7 Å². The molecule has 2 heterocycles. The van der Waals surface area contributed by atoms with Crippen LogP contribution in [0.25, 0.3) is 0 Å². The van der Waals surface area contributed by atoms with Gasteiger partial charge in [-0.2, -0.15) is 0 Å². The van der Waals surface area contributed by atoms with Gasteiger partial charge in [-0.25, -0.2) is 0 Å². The fourth-order valence-electron chi connectivity index (χ4n) is 3.41. The molecule has 0 bridgehead atoms. The molecule has 2 aliphatic rings. The van der Waals surface area contributed by atoms with Gasteiger partial charge in [0.2, 0.25) is 17.7 Å². The molecule has 1 fully saturated rings. The van der Waals surface area contributed by atoms with E-state index in [2.05, 4.69) is 16.0 Å². The molecule has 2 aliphatic heterocycles. The third-order valence-electron chi connectivity index (χ3n) is 4.92. The molecular formula is C20H24N4O6. The Hall–Kier alpha value is -3.27. The van der Waals surface area contributed by atoms with E-state index >= 15 is 0 Å². The number of hydrogen-bond acceptors (Lipinski definition) is 7. The maximum Gasteiger partial charge on any atom is 0.264 e. The lowest BCUT2D eigenvalue weighted by molar-refractivity contribution is -0.136. The lowest BCUT2D eigenvalue weighted by Crippen LogP contribution is -2.54. The van der Waals surface area contributed by atoms with Gasteiger partial charge in [-0.3, -0.25) is 34.2 Å². The normalized spacial score (nSPS) is 18.3. The van der Waals surface area contributed by atoms with Crippen molar-refractivity contribution in [3.05, 3.63) is 29.3 Å². The topological polar surface area (TPSA) is 134 Å². The van der Waals surface area contributed by atoms with E-state index in [-0.39, 0.29) is 29.9 Å². The number of hydrogen-bond donors (Lipinski definition) is 3. The van der Waals surface area contributed by atoms with Crippen LogP contribution in [0.2, 0.25) is 0 Å². The van der Waals surface area contributed by atoms with Gasteiger partial charge < -0.3 is 15.4 Å². The molecule has 0 radical (unpaired) electrons. The Balaban J connectivity index is 1.59. The van der Waals surface area contributed by atoms with Gasteiger partial charge in [0.15, 0.2) is 0 Å². The van der Waals surface area contributed by atoms with Gasteiger partial charge in [0, 0.05) is 31.6 Å².